The molecule has 0 aliphatic carbocycles. The number of sulfonamides is 1. The van der Waals surface area contributed by atoms with Crippen molar-refractivity contribution in [3.63, 3.8) is 0 Å². The maximum atomic E-state index is 13.2. The number of nitrogens with one attached hydrogen (secondary N) is 1. The Bertz CT molecular complexity index is 1170. The summed E-state index contributed by atoms with van der Waals surface area (Å²) in [5, 5.41) is 11.1. The Morgan fingerprint density at radius 2 is 1.65 bits per heavy atom. The number of carbonyl (C=O) groups excluding carboxylic acids is 1. The first-order valence-corrected chi connectivity index (χ1v) is 11.8. The maximum absolute atomic E-state index is 13.2. The van der Waals surface area contributed by atoms with Crippen molar-refractivity contribution in [3.05, 3.63) is 66.0 Å². The summed E-state index contributed by atoms with van der Waals surface area (Å²) in [5.41, 5.74) is 0.758. The van der Waals surface area contributed by atoms with Gasteiger partial charge in [-0.25, -0.2) is 17.2 Å². The van der Waals surface area contributed by atoms with Crippen LogP contribution in [0.5, 0.6) is 0 Å². The van der Waals surface area contributed by atoms with Crippen LogP contribution in [-0.2, 0) is 28.4 Å². The normalized spacial score (nSPS) is 11.4. The number of hydrogen-bond donors (Lipinski definition) is 1. The smallest absolute Gasteiger partial charge is 0.234 e. The van der Waals surface area contributed by atoms with Crippen molar-refractivity contribution < 1.29 is 22.0 Å². The highest BCUT2D eigenvalue weighted by molar-refractivity contribution is 7.99. The van der Waals surface area contributed by atoms with Gasteiger partial charge in [0, 0.05) is 12.7 Å². The molecule has 8 nitrogen and oxygen atoms in total. The van der Waals surface area contributed by atoms with Gasteiger partial charge in [-0.3, -0.25) is 9.10 Å². The lowest BCUT2D eigenvalue weighted by atomic mass is 10.3. The van der Waals surface area contributed by atoms with Crippen LogP contribution in [0.25, 0.3) is 0 Å². The van der Waals surface area contributed by atoms with Crippen molar-refractivity contribution in [3.8, 4) is 0 Å². The quantitative estimate of drug-likeness (QED) is 0.512. The van der Waals surface area contributed by atoms with E-state index in [0.29, 0.717) is 22.4 Å². The summed E-state index contributed by atoms with van der Waals surface area (Å²) in [5.74, 6) is -0.824. The van der Waals surface area contributed by atoms with E-state index in [9.17, 15) is 22.0 Å². The van der Waals surface area contributed by atoms with Gasteiger partial charge in [0.25, 0.3) is 0 Å². The van der Waals surface area contributed by atoms with Gasteiger partial charge in [-0.1, -0.05) is 11.8 Å². The van der Waals surface area contributed by atoms with Crippen molar-refractivity contribution in [1.29, 1.82) is 0 Å². The standard InChI is InChI=1S/C19H19F2N5O3S2/c1-25-17(11-26(31(2,28)29)16-9-5-14(21)6-10-16)23-24-19(25)30-12-18(27)22-15-7-3-13(20)4-8-15/h3-10H,11-12H2,1-2H3,(H,22,27). The van der Waals surface area contributed by atoms with E-state index in [2.05, 4.69) is 15.5 Å². The molecule has 0 atom stereocenters. The highest BCUT2D eigenvalue weighted by atomic mass is 32.2. The molecule has 0 fully saturated rings. The SMILES string of the molecule is Cn1c(CN(c2ccc(F)cc2)S(C)(=O)=O)nnc1SCC(=O)Nc1ccc(F)cc1. The number of aromatic nitrogens is 3. The van der Waals surface area contributed by atoms with Gasteiger partial charge < -0.3 is 9.88 Å². The molecule has 0 saturated heterocycles. The fraction of sp³-hybridized carbons (Fsp3) is 0.211. The molecule has 0 spiro atoms. The van der Waals surface area contributed by atoms with Crippen LogP contribution in [0, 0.1) is 11.6 Å². The number of hydrogen-bond acceptors (Lipinski definition) is 6. The first-order chi connectivity index (χ1) is 14.6. The predicted octanol–water partition coefficient (Wildman–Crippen LogP) is 2.79. The van der Waals surface area contributed by atoms with Crippen LogP contribution in [0.4, 0.5) is 20.2 Å². The van der Waals surface area contributed by atoms with E-state index < -0.39 is 21.7 Å². The molecule has 12 heteroatoms. The summed E-state index contributed by atoms with van der Waals surface area (Å²) in [4.78, 5) is 12.1. The summed E-state index contributed by atoms with van der Waals surface area (Å²) in [6, 6.07) is 10.5. The highest BCUT2D eigenvalue weighted by Crippen LogP contribution is 2.22. The van der Waals surface area contributed by atoms with Gasteiger partial charge in [0.15, 0.2) is 11.0 Å². The Balaban J connectivity index is 1.67. The van der Waals surface area contributed by atoms with Crippen LogP contribution >= 0.6 is 11.8 Å². The summed E-state index contributed by atoms with van der Waals surface area (Å²) in [6.45, 7) is -0.115. The van der Waals surface area contributed by atoms with Crippen LogP contribution in [0.15, 0.2) is 53.7 Å². The Morgan fingerprint density at radius 3 is 2.23 bits per heavy atom. The van der Waals surface area contributed by atoms with E-state index in [1.165, 1.54) is 48.5 Å². The van der Waals surface area contributed by atoms with E-state index in [0.717, 1.165) is 22.3 Å². The zero-order valence-electron chi connectivity index (χ0n) is 16.6. The third-order valence-corrected chi connectivity index (χ3v) is 6.35. The molecule has 1 heterocycles. The first kappa shape index (κ1) is 22.7. The number of carbonyl (C=O) groups is 1. The van der Waals surface area contributed by atoms with Crippen LogP contribution < -0.4 is 9.62 Å². The van der Waals surface area contributed by atoms with Crippen molar-refractivity contribution >= 4 is 39.1 Å². The second-order valence-electron chi connectivity index (χ2n) is 6.55. The Kier molecular flexibility index (Phi) is 6.91. The molecule has 0 radical (unpaired) electrons. The molecule has 3 aromatic rings. The molecule has 1 aromatic heterocycles. The lowest BCUT2D eigenvalue weighted by Gasteiger charge is -2.21. The van der Waals surface area contributed by atoms with Crippen molar-refractivity contribution in [1.82, 2.24) is 14.8 Å². The largest absolute Gasteiger partial charge is 0.325 e. The lowest BCUT2D eigenvalue weighted by molar-refractivity contribution is -0.113. The van der Waals surface area contributed by atoms with Gasteiger partial charge >= 0.3 is 0 Å². The number of thioether (sulfide) groups is 1. The van der Waals surface area contributed by atoms with E-state index in [-0.39, 0.29) is 18.2 Å². The van der Waals surface area contributed by atoms with Gasteiger partial charge in [0.05, 0.1) is 24.2 Å². The van der Waals surface area contributed by atoms with E-state index >= 15 is 0 Å². The number of benzene rings is 2. The minimum absolute atomic E-state index is 0.0249. The highest BCUT2D eigenvalue weighted by Gasteiger charge is 2.22. The van der Waals surface area contributed by atoms with Crippen LogP contribution in [0.2, 0.25) is 0 Å². The Labute approximate surface area is 182 Å². The van der Waals surface area contributed by atoms with E-state index in [1.54, 1.807) is 11.6 Å². The molecular weight excluding hydrogens is 448 g/mol. The zero-order chi connectivity index (χ0) is 22.6. The first-order valence-electron chi connectivity index (χ1n) is 8.93. The molecule has 3 rings (SSSR count). The predicted molar refractivity (Wildman–Crippen MR) is 114 cm³/mol. The molecule has 1 N–H and O–H groups in total. The molecule has 0 aliphatic rings. The topological polar surface area (TPSA) is 97.2 Å². The molecule has 164 valence electrons. The number of nitrogens with zero attached hydrogens (tertiary/aromatic N) is 4. The van der Waals surface area contributed by atoms with Gasteiger partial charge in [-0.2, -0.15) is 0 Å². The molecule has 0 unspecified atom stereocenters. The summed E-state index contributed by atoms with van der Waals surface area (Å²) in [7, 11) is -2.01. The third kappa shape index (κ3) is 6.01. The Hall–Kier alpha value is -2.99. The molecule has 0 aliphatic heterocycles. The lowest BCUT2D eigenvalue weighted by Crippen LogP contribution is -2.30. The summed E-state index contributed by atoms with van der Waals surface area (Å²) >= 11 is 1.12. The van der Waals surface area contributed by atoms with Gasteiger partial charge in [-0.15, -0.1) is 10.2 Å². The monoisotopic (exact) mass is 467 g/mol. The number of rotatable bonds is 8. The molecular formula is C19H19F2N5O3S2. The molecule has 2 aromatic carbocycles. The van der Waals surface area contributed by atoms with E-state index in [4.69, 9.17) is 0 Å². The maximum Gasteiger partial charge on any atom is 0.234 e. The van der Waals surface area contributed by atoms with Gasteiger partial charge in [0.1, 0.15) is 11.6 Å². The van der Waals surface area contributed by atoms with Gasteiger partial charge in [-0.05, 0) is 48.5 Å². The van der Waals surface area contributed by atoms with Crippen LogP contribution in [0.3, 0.4) is 0 Å². The summed E-state index contributed by atoms with van der Waals surface area (Å²) in [6.07, 6.45) is 1.04. The fourth-order valence-electron chi connectivity index (χ4n) is 2.60. The zero-order valence-corrected chi connectivity index (χ0v) is 18.3. The van der Waals surface area contributed by atoms with Gasteiger partial charge in [0.2, 0.25) is 15.9 Å². The Morgan fingerprint density at radius 1 is 1.06 bits per heavy atom. The number of amides is 1. The number of anilines is 2. The molecule has 1 amide bonds. The fourth-order valence-corrected chi connectivity index (χ4v) is 4.19. The van der Waals surface area contributed by atoms with Crippen molar-refractivity contribution in [2.75, 3.05) is 21.6 Å². The number of halogens is 2. The van der Waals surface area contributed by atoms with Crippen molar-refractivity contribution in [2.24, 2.45) is 7.05 Å². The average Bonchev–Trinajstić information content (AvgIpc) is 3.06. The second kappa shape index (κ2) is 9.43. The van der Waals surface area contributed by atoms with Crippen LogP contribution in [0.1, 0.15) is 5.82 Å². The minimum atomic E-state index is -3.67. The van der Waals surface area contributed by atoms with Crippen LogP contribution in [-0.4, -0.2) is 41.1 Å². The molecule has 31 heavy (non-hydrogen) atoms. The minimum Gasteiger partial charge on any atom is -0.325 e. The second-order valence-corrected chi connectivity index (χ2v) is 9.40. The molecule has 0 bridgehead atoms. The average molecular weight is 468 g/mol. The molecule has 0 saturated carbocycles. The third-order valence-electron chi connectivity index (χ3n) is 4.19. The van der Waals surface area contributed by atoms with Crippen molar-refractivity contribution in [2.45, 2.75) is 11.7 Å². The summed E-state index contributed by atoms with van der Waals surface area (Å²) < 4.78 is 53.3. The van der Waals surface area contributed by atoms with E-state index in [1.807, 2.05) is 0 Å².